The maximum absolute atomic E-state index is 3.78. The summed E-state index contributed by atoms with van der Waals surface area (Å²) in [5.74, 6) is 0. The summed E-state index contributed by atoms with van der Waals surface area (Å²) in [5.41, 5.74) is 5.57. The van der Waals surface area contributed by atoms with E-state index in [9.17, 15) is 0 Å². The Morgan fingerprint density at radius 3 is 2.61 bits per heavy atom. The Bertz CT molecular complexity index is 571. The maximum atomic E-state index is 3.78. The summed E-state index contributed by atoms with van der Waals surface area (Å²) in [5, 5.41) is 3.55. The van der Waals surface area contributed by atoms with E-state index in [0.29, 0.717) is 6.04 Å². The number of benzene rings is 2. The van der Waals surface area contributed by atoms with Crippen molar-refractivity contribution in [3.8, 4) is 11.1 Å². The molecule has 0 aromatic heterocycles. The van der Waals surface area contributed by atoms with Crippen LogP contribution >= 0.6 is 0 Å². The topological polar surface area (TPSA) is 12.0 Å². The molecule has 90 valence electrons. The van der Waals surface area contributed by atoms with Crippen molar-refractivity contribution >= 4 is 0 Å². The van der Waals surface area contributed by atoms with E-state index in [2.05, 4.69) is 60.4 Å². The van der Waals surface area contributed by atoms with Crippen LogP contribution in [0.2, 0.25) is 0 Å². The molecule has 3 rings (SSSR count). The van der Waals surface area contributed by atoms with Crippen LogP contribution in [0.25, 0.3) is 11.1 Å². The quantitative estimate of drug-likeness (QED) is 0.799. The highest BCUT2D eigenvalue weighted by Gasteiger charge is 2.22. The molecule has 18 heavy (non-hydrogen) atoms. The molecule has 1 atom stereocenters. The average Bonchev–Trinajstić information content (AvgIpc) is 2.45. The van der Waals surface area contributed by atoms with E-state index in [0.717, 1.165) is 13.0 Å². The molecule has 0 saturated carbocycles. The van der Waals surface area contributed by atoms with E-state index in [-0.39, 0.29) is 0 Å². The van der Waals surface area contributed by atoms with Crippen LogP contribution in [0.15, 0.2) is 61.2 Å². The second-order valence-electron chi connectivity index (χ2n) is 4.70. The molecule has 0 amide bonds. The van der Waals surface area contributed by atoms with E-state index < -0.39 is 0 Å². The smallest absolute Gasteiger partial charge is 0.0369 e. The van der Waals surface area contributed by atoms with Gasteiger partial charge in [0.1, 0.15) is 0 Å². The molecule has 1 N–H and O–H groups in total. The number of rotatable bonds is 3. The van der Waals surface area contributed by atoms with Crippen molar-refractivity contribution in [3.63, 3.8) is 0 Å². The fourth-order valence-corrected chi connectivity index (χ4v) is 2.74. The second-order valence-corrected chi connectivity index (χ2v) is 4.70. The van der Waals surface area contributed by atoms with Gasteiger partial charge in [-0.05, 0) is 28.7 Å². The molecule has 0 heterocycles. The predicted molar refractivity (Wildman–Crippen MR) is 76.5 cm³/mol. The van der Waals surface area contributed by atoms with Crippen molar-refractivity contribution in [1.82, 2.24) is 5.32 Å². The van der Waals surface area contributed by atoms with Crippen molar-refractivity contribution in [1.29, 1.82) is 0 Å². The van der Waals surface area contributed by atoms with E-state index in [1.54, 1.807) is 0 Å². The van der Waals surface area contributed by atoms with Crippen LogP contribution in [-0.2, 0) is 6.42 Å². The lowest BCUT2D eigenvalue weighted by Crippen LogP contribution is -2.26. The normalized spacial score (nSPS) is 16.8. The number of hydrogen-bond donors (Lipinski definition) is 1. The lowest BCUT2D eigenvalue weighted by Gasteiger charge is -2.28. The summed E-state index contributed by atoms with van der Waals surface area (Å²) >= 11 is 0. The van der Waals surface area contributed by atoms with E-state index in [1.165, 1.54) is 22.3 Å². The molecule has 0 radical (unpaired) electrons. The fourth-order valence-electron chi connectivity index (χ4n) is 2.74. The molecular weight excluding hydrogens is 218 g/mol. The Kier molecular flexibility index (Phi) is 2.99. The van der Waals surface area contributed by atoms with Gasteiger partial charge < -0.3 is 5.32 Å². The van der Waals surface area contributed by atoms with Gasteiger partial charge in [0, 0.05) is 12.6 Å². The van der Waals surface area contributed by atoms with Crippen LogP contribution in [0.1, 0.15) is 17.2 Å². The Morgan fingerprint density at radius 2 is 1.78 bits per heavy atom. The summed E-state index contributed by atoms with van der Waals surface area (Å²) in [4.78, 5) is 0. The van der Waals surface area contributed by atoms with Crippen LogP contribution in [0, 0.1) is 0 Å². The SMILES string of the molecule is C=CCNC1Cc2ccccc2-c2ccccc21. The molecule has 2 aromatic rings. The summed E-state index contributed by atoms with van der Waals surface area (Å²) < 4.78 is 0. The lowest BCUT2D eigenvalue weighted by molar-refractivity contribution is 0.560. The minimum absolute atomic E-state index is 0.397. The van der Waals surface area contributed by atoms with Gasteiger partial charge >= 0.3 is 0 Å². The minimum atomic E-state index is 0.397. The van der Waals surface area contributed by atoms with E-state index in [4.69, 9.17) is 0 Å². The van der Waals surface area contributed by atoms with Gasteiger partial charge in [0.2, 0.25) is 0 Å². The van der Waals surface area contributed by atoms with Crippen LogP contribution < -0.4 is 5.32 Å². The highest BCUT2D eigenvalue weighted by atomic mass is 14.9. The van der Waals surface area contributed by atoms with Crippen LogP contribution in [0.3, 0.4) is 0 Å². The Hall–Kier alpha value is -1.86. The first kappa shape index (κ1) is 11.2. The average molecular weight is 235 g/mol. The number of hydrogen-bond acceptors (Lipinski definition) is 1. The molecule has 1 aliphatic rings. The molecule has 1 heteroatoms. The Balaban J connectivity index is 2.08. The third kappa shape index (κ3) is 1.87. The monoisotopic (exact) mass is 235 g/mol. The van der Waals surface area contributed by atoms with Gasteiger partial charge in [-0.1, -0.05) is 54.6 Å². The number of nitrogens with one attached hydrogen (secondary N) is 1. The Morgan fingerprint density at radius 1 is 1.06 bits per heavy atom. The van der Waals surface area contributed by atoms with Gasteiger partial charge in [0.25, 0.3) is 0 Å². The molecular formula is C17H17N. The summed E-state index contributed by atoms with van der Waals surface area (Å²) in [7, 11) is 0. The fraction of sp³-hybridized carbons (Fsp3) is 0.176. The maximum Gasteiger partial charge on any atom is 0.0369 e. The van der Waals surface area contributed by atoms with Gasteiger partial charge in [0.15, 0.2) is 0 Å². The van der Waals surface area contributed by atoms with Crippen molar-refractivity contribution in [3.05, 3.63) is 72.3 Å². The summed E-state index contributed by atoms with van der Waals surface area (Å²) in [6.45, 7) is 4.63. The zero-order chi connectivity index (χ0) is 12.4. The molecule has 0 bridgehead atoms. The first-order chi connectivity index (χ1) is 8.90. The van der Waals surface area contributed by atoms with Gasteiger partial charge in [-0.25, -0.2) is 0 Å². The van der Waals surface area contributed by atoms with Crippen molar-refractivity contribution in [2.24, 2.45) is 0 Å². The zero-order valence-electron chi connectivity index (χ0n) is 10.4. The van der Waals surface area contributed by atoms with Crippen molar-refractivity contribution in [2.45, 2.75) is 12.5 Å². The van der Waals surface area contributed by atoms with Crippen molar-refractivity contribution in [2.75, 3.05) is 6.54 Å². The molecule has 0 spiro atoms. The van der Waals surface area contributed by atoms with Crippen molar-refractivity contribution < 1.29 is 0 Å². The highest BCUT2D eigenvalue weighted by Crippen LogP contribution is 2.37. The van der Waals surface area contributed by atoms with Gasteiger partial charge in [0.05, 0.1) is 0 Å². The molecule has 2 aromatic carbocycles. The van der Waals surface area contributed by atoms with E-state index in [1.807, 2.05) is 6.08 Å². The molecule has 1 unspecified atom stereocenters. The third-order valence-electron chi connectivity index (χ3n) is 3.58. The molecule has 1 aliphatic carbocycles. The van der Waals surface area contributed by atoms with E-state index >= 15 is 0 Å². The summed E-state index contributed by atoms with van der Waals surface area (Å²) in [6, 6.07) is 17.8. The summed E-state index contributed by atoms with van der Waals surface area (Å²) in [6.07, 6.45) is 2.98. The van der Waals surface area contributed by atoms with Gasteiger partial charge in [-0.2, -0.15) is 0 Å². The lowest BCUT2D eigenvalue weighted by atomic mass is 9.82. The predicted octanol–water partition coefficient (Wildman–Crippen LogP) is 3.73. The molecule has 0 fully saturated rings. The minimum Gasteiger partial charge on any atom is -0.306 e. The van der Waals surface area contributed by atoms with Gasteiger partial charge in [-0.3, -0.25) is 0 Å². The molecule has 0 aliphatic heterocycles. The largest absolute Gasteiger partial charge is 0.306 e. The third-order valence-corrected chi connectivity index (χ3v) is 3.58. The van der Waals surface area contributed by atoms with Crippen LogP contribution in [-0.4, -0.2) is 6.54 Å². The second kappa shape index (κ2) is 4.79. The first-order valence-corrected chi connectivity index (χ1v) is 6.41. The molecule has 0 saturated heterocycles. The Labute approximate surface area is 108 Å². The van der Waals surface area contributed by atoms with Crippen LogP contribution in [0.5, 0.6) is 0 Å². The first-order valence-electron chi connectivity index (χ1n) is 6.41. The number of fused-ring (bicyclic) bond motifs is 3. The standard InChI is InChI=1S/C17H17N/c1-2-11-18-17-12-13-7-3-4-8-14(13)15-9-5-6-10-16(15)17/h2-10,17-18H,1,11-12H2. The van der Waals surface area contributed by atoms with Gasteiger partial charge in [-0.15, -0.1) is 6.58 Å². The highest BCUT2D eigenvalue weighted by molar-refractivity contribution is 5.73. The zero-order valence-corrected chi connectivity index (χ0v) is 10.4. The molecule has 1 nitrogen and oxygen atoms in total. The van der Waals surface area contributed by atoms with Crippen LogP contribution in [0.4, 0.5) is 0 Å².